The van der Waals surface area contributed by atoms with Crippen molar-refractivity contribution in [3.8, 4) is 5.88 Å². The summed E-state index contributed by atoms with van der Waals surface area (Å²) < 4.78 is 7.02. The van der Waals surface area contributed by atoms with Gasteiger partial charge in [0.1, 0.15) is 6.33 Å². The van der Waals surface area contributed by atoms with Gasteiger partial charge in [0.2, 0.25) is 5.88 Å². The van der Waals surface area contributed by atoms with Crippen LogP contribution in [-0.2, 0) is 4.79 Å². The molecule has 140 valence electrons. The van der Waals surface area contributed by atoms with Crippen molar-refractivity contribution in [2.75, 3.05) is 39.3 Å². The van der Waals surface area contributed by atoms with Gasteiger partial charge < -0.3 is 19.6 Å². The minimum absolute atomic E-state index is 0.0968. The van der Waals surface area contributed by atoms with Crippen molar-refractivity contribution in [3.63, 3.8) is 0 Å². The van der Waals surface area contributed by atoms with Crippen LogP contribution in [0.3, 0.4) is 0 Å². The number of amides is 1. The Kier molecular flexibility index (Phi) is 4.73. The monoisotopic (exact) mass is 360 g/mol. The molecule has 2 fully saturated rings. The molecule has 9 heteroatoms. The first-order valence-electron chi connectivity index (χ1n) is 9.14. The van der Waals surface area contributed by atoms with Crippen molar-refractivity contribution in [2.45, 2.75) is 31.3 Å². The topological polar surface area (TPSA) is 96.1 Å². The molecule has 2 aromatic rings. The molecule has 0 bridgehead atoms. The molecule has 2 aromatic heterocycles. The van der Waals surface area contributed by atoms with Gasteiger partial charge in [-0.1, -0.05) is 0 Å². The fraction of sp³-hybridized carbons (Fsp3) is 0.647. The van der Waals surface area contributed by atoms with E-state index in [2.05, 4.69) is 20.2 Å². The molecule has 0 unspecified atom stereocenters. The highest BCUT2D eigenvalue weighted by molar-refractivity contribution is 5.78. The number of hydrogen-bond donors (Lipinski definition) is 1. The number of carbonyl (C=O) groups excluding carboxylic acids is 1. The van der Waals surface area contributed by atoms with Gasteiger partial charge in [0.05, 0.1) is 12.1 Å². The highest BCUT2D eigenvalue weighted by Crippen LogP contribution is 2.24. The third-order valence-corrected chi connectivity index (χ3v) is 5.11. The van der Waals surface area contributed by atoms with Crippen molar-refractivity contribution in [1.29, 1.82) is 0 Å². The average Bonchev–Trinajstić information content (AvgIpc) is 3.30. The SMILES string of the molecule is O=C(COc1ccc2nncn2n1)N1CCC[C@](O)(CN2CCCC2)C1. The summed E-state index contributed by atoms with van der Waals surface area (Å²) in [5.74, 6) is 0.213. The second-order valence-electron chi connectivity index (χ2n) is 7.22. The lowest BCUT2D eigenvalue weighted by Crippen LogP contribution is -2.56. The molecule has 1 amide bonds. The lowest BCUT2D eigenvalue weighted by atomic mass is 9.92. The highest BCUT2D eigenvalue weighted by atomic mass is 16.5. The van der Waals surface area contributed by atoms with Crippen LogP contribution in [0.4, 0.5) is 0 Å². The zero-order valence-corrected chi connectivity index (χ0v) is 14.8. The smallest absolute Gasteiger partial charge is 0.260 e. The lowest BCUT2D eigenvalue weighted by Gasteiger charge is -2.41. The first-order chi connectivity index (χ1) is 12.6. The van der Waals surface area contributed by atoms with E-state index in [0.29, 0.717) is 31.2 Å². The predicted molar refractivity (Wildman–Crippen MR) is 92.7 cm³/mol. The van der Waals surface area contributed by atoms with Crippen LogP contribution in [0.5, 0.6) is 5.88 Å². The normalized spacial score (nSPS) is 24.3. The Hall–Kier alpha value is -2.26. The van der Waals surface area contributed by atoms with Crippen LogP contribution >= 0.6 is 0 Å². The first-order valence-corrected chi connectivity index (χ1v) is 9.14. The van der Waals surface area contributed by atoms with Gasteiger partial charge in [-0.3, -0.25) is 4.79 Å². The molecule has 2 saturated heterocycles. The van der Waals surface area contributed by atoms with Gasteiger partial charge >= 0.3 is 0 Å². The largest absolute Gasteiger partial charge is 0.467 e. The summed E-state index contributed by atoms with van der Waals surface area (Å²) in [6.07, 6.45) is 5.40. The van der Waals surface area contributed by atoms with Crippen molar-refractivity contribution in [3.05, 3.63) is 18.5 Å². The number of rotatable bonds is 5. The minimum atomic E-state index is -0.822. The number of aromatic nitrogens is 4. The molecule has 4 rings (SSSR count). The molecule has 0 saturated carbocycles. The van der Waals surface area contributed by atoms with Gasteiger partial charge in [0, 0.05) is 19.2 Å². The van der Waals surface area contributed by atoms with E-state index < -0.39 is 5.60 Å². The zero-order valence-electron chi connectivity index (χ0n) is 14.8. The second-order valence-corrected chi connectivity index (χ2v) is 7.22. The Balaban J connectivity index is 1.33. The van der Waals surface area contributed by atoms with E-state index in [-0.39, 0.29) is 12.5 Å². The summed E-state index contributed by atoms with van der Waals surface area (Å²) in [5, 5.41) is 22.7. The van der Waals surface area contributed by atoms with Gasteiger partial charge in [-0.2, -0.15) is 4.52 Å². The quantitative estimate of drug-likeness (QED) is 0.799. The number of carbonyl (C=O) groups is 1. The minimum Gasteiger partial charge on any atom is -0.467 e. The van der Waals surface area contributed by atoms with Crippen molar-refractivity contribution < 1.29 is 14.6 Å². The summed E-state index contributed by atoms with van der Waals surface area (Å²) in [6, 6.07) is 3.40. The standard InChI is InChI=1S/C17H24N6O3/c24-16(10-26-15-5-4-14-19-18-13-23(14)20-15)22-9-3-6-17(25,12-22)11-21-7-1-2-8-21/h4-5,13,25H,1-3,6-12H2/t17-/m0/s1. The molecule has 9 nitrogen and oxygen atoms in total. The Morgan fingerprint density at radius 2 is 2.08 bits per heavy atom. The fourth-order valence-electron chi connectivity index (χ4n) is 3.83. The summed E-state index contributed by atoms with van der Waals surface area (Å²) in [7, 11) is 0. The van der Waals surface area contributed by atoms with E-state index in [1.165, 1.54) is 23.7 Å². The number of nitrogens with zero attached hydrogens (tertiary/aromatic N) is 6. The summed E-state index contributed by atoms with van der Waals surface area (Å²) >= 11 is 0. The van der Waals surface area contributed by atoms with Gasteiger partial charge in [-0.15, -0.1) is 15.3 Å². The van der Waals surface area contributed by atoms with Gasteiger partial charge in [-0.05, 0) is 44.8 Å². The molecule has 0 radical (unpaired) electrons. The average molecular weight is 360 g/mol. The first kappa shape index (κ1) is 17.2. The highest BCUT2D eigenvalue weighted by Gasteiger charge is 2.37. The number of aliphatic hydroxyl groups is 1. The van der Waals surface area contributed by atoms with E-state index in [9.17, 15) is 9.90 Å². The lowest BCUT2D eigenvalue weighted by molar-refractivity contribution is -0.141. The van der Waals surface area contributed by atoms with Crippen molar-refractivity contribution in [1.82, 2.24) is 29.6 Å². The molecule has 1 N–H and O–H groups in total. The van der Waals surface area contributed by atoms with Crippen molar-refractivity contribution in [2.24, 2.45) is 0 Å². The number of β-amino-alcohol motifs (C(OH)–C–C–N with tert-alkyl or cyclic N) is 1. The number of likely N-dealkylation sites (tertiary alicyclic amines) is 2. The van der Waals surface area contributed by atoms with Crippen LogP contribution < -0.4 is 4.74 Å². The molecule has 0 aliphatic carbocycles. The molecule has 26 heavy (non-hydrogen) atoms. The molecule has 2 aliphatic heterocycles. The molecule has 1 atom stereocenters. The summed E-state index contributed by atoms with van der Waals surface area (Å²) in [4.78, 5) is 16.5. The van der Waals surface area contributed by atoms with Crippen LogP contribution in [0, 0.1) is 0 Å². The zero-order chi connectivity index (χ0) is 18.0. The maximum absolute atomic E-state index is 12.5. The molecule has 4 heterocycles. The molecular formula is C17H24N6O3. The molecule has 2 aliphatic rings. The number of piperidine rings is 1. The van der Waals surface area contributed by atoms with Crippen LogP contribution in [0.15, 0.2) is 18.5 Å². The van der Waals surface area contributed by atoms with Crippen LogP contribution in [0.25, 0.3) is 5.65 Å². The van der Waals surface area contributed by atoms with E-state index in [0.717, 1.165) is 25.9 Å². The third kappa shape index (κ3) is 3.78. The fourth-order valence-corrected chi connectivity index (χ4v) is 3.83. The van der Waals surface area contributed by atoms with Crippen molar-refractivity contribution >= 4 is 11.6 Å². The van der Waals surface area contributed by atoms with E-state index in [1.54, 1.807) is 17.0 Å². The Bertz CT molecular complexity index is 775. The third-order valence-electron chi connectivity index (χ3n) is 5.11. The molecule has 0 aromatic carbocycles. The van der Waals surface area contributed by atoms with E-state index in [1.807, 2.05) is 0 Å². The number of fused-ring (bicyclic) bond motifs is 1. The maximum atomic E-state index is 12.5. The Morgan fingerprint density at radius 1 is 1.23 bits per heavy atom. The van der Waals surface area contributed by atoms with Gasteiger partial charge in [0.15, 0.2) is 12.3 Å². The maximum Gasteiger partial charge on any atom is 0.260 e. The summed E-state index contributed by atoms with van der Waals surface area (Å²) in [5.41, 5.74) is -0.204. The van der Waals surface area contributed by atoms with Gasteiger partial charge in [-0.25, -0.2) is 0 Å². The van der Waals surface area contributed by atoms with Gasteiger partial charge in [0.25, 0.3) is 5.91 Å². The Labute approximate surface area is 151 Å². The summed E-state index contributed by atoms with van der Waals surface area (Å²) in [6.45, 7) is 3.64. The van der Waals surface area contributed by atoms with E-state index >= 15 is 0 Å². The second kappa shape index (κ2) is 7.16. The van der Waals surface area contributed by atoms with Crippen LogP contribution in [0.1, 0.15) is 25.7 Å². The number of hydrogen-bond acceptors (Lipinski definition) is 7. The number of ether oxygens (including phenoxy) is 1. The Morgan fingerprint density at radius 3 is 2.92 bits per heavy atom. The van der Waals surface area contributed by atoms with E-state index in [4.69, 9.17) is 4.74 Å². The van der Waals surface area contributed by atoms with Crippen LogP contribution in [-0.4, -0.2) is 85.6 Å². The predicted octanol–water partition coefficient (Wildman–Crippen LogP) is -0.0476. The molecular weight excluding hydrogens is 336 g/mol. The molecule has 0 spiro atoms. The van der Waals surface area contributed by atoms with Crippen LogP contribution in [0.2, 0.25) is 0 Å².